The quantitative estimate of drug-likeness (QED) is 0.569. The van der Waals surface area contributed by atoms with Crippen LogP contribution in [0.3, 0.4) is 0 Å². The van der Waals surface area contributed by atoms with Crippen LogP contribution in [0.2, 0.25) is 0 Å². The lowest BCUT2D eigenvalue weighted by atomic mass is 9.96. The van der Waals surface area contributed by atoms with Crippen molar-refractivity contribution in [1.82, 2.24) is 0 Å². The summed E-state index contributed by atoms with van der Waals surface area (Å²) in [5.41, 5.74) is 5.10. The summed E-state index contributed by atoms with van der Waals surface area (Å²) in [6.07, 6.45) is 2.76. The van der Waals surface area contributed by atoms with Gasteiger partial charge in [-0.1, -0.05) is 13.3 Å². The lowest BCUT2D eigenvalue weighted by Crippen LogP contribution is -2.15. The lowest BCUT2D eigenvalue weighted by molar-refractivity contribution is -0.385. The van der Waals surface area contributed by atoms with Gasteiger partial charge in [-0.15, -0.1) is 0 Å². The topological polar surface area (TPSA) is 98.3 Å². The first-order chi connectivity index (χ1) is 9.97. The molecule has 21 heavy (non-hydrogen) atoms. The lowest BCUT2D eigenvalue weighted by Gasteiger charge is -2.13. The molecule has 0 bridgehead atoms. The number of nitro groups is 1. The molecule has 1 atom stereocenters. The van der Waals surface area contributed by atoms with E-state index in [1.807, 2.05) is 6.92 Å². The molecule has 0 radical (unpaired) electrons. The Morgan fingerprint density at radius 2 is 2.19 bits per heavy atom. The number of nitrogens with one attached hydrogen (secondary N) is 1. The summed E-state index contributed by atoms with van der Waals surface area (Å²) in [7, 11) is 0. The van der Waals surface area contributed by atoms with Crippen molar-refractivity contribution in [1.29, 1.82) is 0 Å². The van der Waals surface area contributed by atoms with Crippen LogP contribution in [0.25, 0.3) is 0 Å². The Balaban J connectivity index is 2.57. The Hall–Kier alpha value is -2.02. The number of carbonyl (C=O) groups excluding carboxylic acids is 1. The number of rotatable bonds is 8. The van der Waals surface area contributed by atoms with Crippen molar-refractivity contribution in [2.45, 2.75) is 32.6 Å². The van der Waals surface area contributed by atoms with Gasteiger partial charge in [0.15, 0.2) is 5.82 Å². The third-order valence-corrected chi connectivity index (χ3v) is 3.37. The van der Waals surface area contributed by atoms with Gasteiger partial charge >= 0.3 is 0 Å². The summed E-state index contributed by atoms with van der Waals surface area (Å²) in [4.78, 5) is 21.6. The van der Waals surface area contributed by atoms with Gasteiger partial charge < -0.3 is 11.1 Å². The zero-order valence-corrected chi connectivity index (χ0v) is 12.0. The minimum Gasteiger partial charge on any atom is -0.330 e. The molecule has 0 aliphatic rings. The maximum Gasteiger partial charge on any atom is 0.272 e. The van der Waals surface area contributed by atoms with Crippen LogP contribution in [0.15, 0.2) is 18.2 Å². The van der Waals surface area contributed by atoms with Gasteiger partial charge in [0.25, 0.3) is 5.69 Å². The van der Waals surface area contributed by atoms with Crippen LogP contribution >= 0.6 is 0 Å². The maximum absolute atomic E-state index is 13.6. The molecule has 3 N–H and O–H groups in total. The van der Waals surface area contributed by atoms with Crippen LogP contribution in [0.5, 0.6) is 0 Å². The van der Waals surface area contributed by atoms with Crippen molar-refractivity contribution in [2.24, 2.45) is 11.7 Å². The van der Waals surface area contributed by atoms with Crippen LogP contribution < -0.4 is 11.1 Å². The fourth-order valence-electron chi connectivity index (χ4n) is 2.06. The average Bonchev–Trinajstić information content (AvgIpc) is 2.45. The van der Waals surface area contributed by atoms with E-state index < -0.39 is 10.7 Å². The normalized spacial score (nSPS) is 12.0. The molecule has 1 aromatic carbocycles. The molecular formula is C14H20FN3O3. The SMILES string of the molecule is CCC(CCN)CCC(=O)Nc1ccc([N+](=O)[O-])cc1F. The number of hydrogen-bond donors (Lipinski definition) is 2. The van der Waals surface area contributed by atoms with Crippen molar-refractivity contribution in [2.75, 3.05) is 11.9 Å². The summed E-state index contributed by atoms with van der Waals surface area (Å²) >= 11 is 0. The minimum atomic E-state index is -0.813. The Kier molecular flexibility index (Phi) is 6.74. The molecule has 0 aliphatic heterocycles. The third-order valence-electron chi connectivity index (χ3n) is 3.37. The van der Waals surface area contributed by atoms with Crippen LogP contribution in [-0.4, -0.2) is 17.4 Å². The number of nitrogens with two attached hydrogens (primary N) is 1. The molecule has 6 nitrogen and oxygen atoms in total. The number of carbonyl (C=O) groups is 1. The predicted molar refractivity (Wildman–Crippen MR) is 78.4 cm³/mol. The summed E-state index contributed by atoms with van der Waals surface area (Å²) in [6.45, 7) is 2.62. The van der Waals surface area contributed by atoms with Crippen LogP contribution in [0, 0.1) is 21.8 Å². The second-order valence-corrected chi connectivity index (χ2v) is 4.86. The van der Waals surface area contributed by atoms with Crippen molar-refractivity contribution >= 4 is 17.3 Å². The summed E-state index contributed by atoms with van der Waals surface area (Å²) in [5.74, 6) is -0.743. The zero-order chi connectivity index (χ0) is 15.8. The number of non-ortho nitro benzene ring substituents is 1. The molecule has 116 valence electrons. The summed E-state index contributed by atoms with van der Waals surface area (Å²) < 4.78 is 13.6. The van der Waals surface area contributed by atoms with E-state index in [9.17, 15) is 19.3 Å². The van der Waals surface area contributed by atoms with Gasteiger partial charge in [0.2, 0.25) is 5.91 Å². The van der Waals surface area contributed by atoms with Crippen LogP contribution in [0.4, 0.5) is 15.8 Å². The van der Waals surface area contributed by atoms with Gasteiger partial charge in [0.05, 0.1) is 16.7 Å². The number of anilines is 1. The largest absolute Gasteiger partial charge is 0.330 e. The van der Waals surface area contributed by atoms with Crippen molar-refractivity contribution in [3.63, 3.8) is 0 Å². The number of nitrogens with zero attached hydrogens (tertiary/aromatic N) is 1. The van der Waals surface area contributed by atoms with Gasteiger partial charge in [0, 0.05) is 12.5 Å². The first-order valence-electron chi connectivity index (χ1n) is 6.91. The molecule has 0 aliphatic carbocycles. The van der Waals surface area contributed by atoms with Gasteiger partial charge in [-0.2, -0.15) is 0 Å². The second-order valence-electron chi connectivity index (χ2n) is 4.86. The zero-order valence-electron chi connectivity index (χ0n) is 12.0. The molecule has 0 heterocycles. The van der Waals surface area contributed by atoms with Gasteiger partial charge in [-0.25, -0.2) is 4.39 Å². The van der Waals surface area contributed by atoms with E-state index >= 15 is 0 Å². The second kappa shape index (κ2) is 8.31. The van der Waals surface area contributed by atoms with E-state index in [1.165, 1.54) is 6.07 Å². The Morgan fingerprint density at radius 1 is 1.48 bits per heavy atom. The van der Waals surface area contributed by atoms with Crippen molar-refractivity contribution < 1.29 is 14.1 Å². The van der Waals surface area contributed by atoms with Crippen molar-refractivity contribution in [3.05, 3.63) is 34.1 Å². The van der Waals surface area contributed by atoms with E-state index in [0.717, 1.165) is 25.0 Å². The number of benzene rings is 1. The van der Waals surface area contributed by atoms with Crippen molar-refractivity contribution in [3.8, 4) is 0 Å². The van der Waals surface area contributed by atoms with Gasteiger partial charge in [0.1, 0.15) is 0 Å². The smallest absolute Gasteiger partial charge is 0.272 e. The van der Waals surface area contributed by atoms with Gasteiger partial charge in [-0.05, 0) is 31.4 Å². The highest BCUT2D eigenvalue weighted by molar-refractivity contribution is 5.90. The molecule has 1 rings (SSSR count). The Morgan fingerprint density at radius 3 is 2.71 bits per heavy atom. The Labute approximate surface area is 122 Å². The summed E-state index contributed by atoms with van der Waals surface area (Å²) in [5, 5.41) is 12.9. The minimum absolute atomic E-state index is 0.0440. The van der Waals surface area contributed by atoms with E-state index in [2.05, 4.69) is 5.32 Å². The van der Waals surface area contributed by atoms with E-state index in [1.54, 1.807) is 0 Å². The predicted octanol–water partition coefficient (Wildman–Crippen LogP) is 2.83. The molecule has 0 saturated carbocycles. The van der Waals surface area contributed by atoms with E-state index in [4.69, 9.17) is 5.73 Å². The molecule has 0 spiro atoms. The van der Waals surface area contributed by atoms with Crippen LogP contribution in [0.1, 0.15) is 32.6 Å². The van der Waals surface area contributed by atoms with E-state index in [-0.39, 0.29) is 23.7 Å². The van der Waals surface area contributed by atoms with Crippen LogP contribution in [-0.2, 0) is 4.79 Å². The molecular weight excluding hydrogens is 277 g/mol. The highest BCUT2D eigenvalue weighted by Crippen LogP contribution is 2.21. The molecule has 1 amide bonds. The highest BCUT2D eigenvalue weighted by Gasteiger charge is 2.14. The molecule has 1 unspecified atom stereocenters. The molecule has 0 aromatic heterocycles. The molecule has 1 aromatic rings. The number of halogens is 1. The average molecular weight is 297 g/mol. The highest BCUT2D eigenvalue weighted by atomic mass is 19.1. The standard InChI is InChI=1S/C14H20FN3O3/c1-2-10(7-8-16)3-6-14(19)17-13-5-4-11(18(20)21)9-12(13)15/h4-5,9-10H,2-3,6-8,16H2,1H3,(H,17,19). The van der Waals surface area contributed by atoms with E-state index in [0.29, 0.717) is 18.9 Å². The maximum atomic E-state index is 13.6. The monoisotopic (exact) mass is 297 g/mol. The third kappa shape index (κ3) is 5.47. The molecule has 7 heteroatoms. The first kappa shape index (κ1) is 17.0. The molecule has 0 fully saturated rings. The molecule has 0 saturated heterocycles. The number of amides is 1. The summed E-state index contributed by atoms with van der Waals surface area (Å²) in [6, 6.07) is 3.14. The number of hydrogen-bond acceptors (Lipinski definition) is 4. The first-order valence-corrected chi connectivity index (χ1v) is 6.91. The Bertz CT molecular complexity index is 508. The fourth-order valence-corrected chi connectivity index (χ4v) is 2.06. The van der Waals surface area contributed by atoms with Gasteiger partial charge in [-0.3, -0.25) is 14.9 Å². The number of nitro benzene ring substituents is 1. The fraction of sp³-hybridized carbons (Fsp3) is 0.500.